The lowest BCUT2D eigenvalue weighted by Crippen LogP contribution is -2.23. The molecule has 8 rings (SSSR count). The van der Waals surface area contributed by atoms with Crippen molar-refractivity contribution in [2.45, 2.75) is 102 Å². The van der Waals surface area contributed by atoms with Gasteiger partial charge in [-0.1, -0.05) is 101 Å². The molecule has 0 amide bonds. The molecule has 4 atom stereocenters. The van der Waals surface area contributed by atoms with Crippen LogP contribution in [0.4, 0.5) is 0 Å². The van der Waals surface area contributed by atoms with E-state index in [4.69, 9.17) is 16.2 Å². The molecule has 2 aliphatic heterocycles. The fraction of sp³-hybridized carbons (Fsp3) is 0.382. The standard InChI is InChI=1S/C55H61N3O5S2/c1-36(10-11-37-6-3-2-4-7-37)18-23-55-24-19-40(33-55)34-64-65-35-42-31-45-41(30-46(42)54(56)57)8-5-9-49-44(21-26-58-49)52(62)32-47(45)48-28-39(13-16-50(48)60)22-27-63-53-29-38(14-17-51(53)61)12-15-43(59)20-25-55/h2-4,6-7,13-14,16-17,20-21,25-26,28-31,36,40,47,54,60-62H,9-12,15,18-19,22-24,27,32-35,56-57H2,1H3/p-1. The highest BCUT2D eigenvalue weighted by Gasteiger charge is 2.37. The molecule has 10 heteroatoms. The van der Waals surface area contributed by atoms with Gasteiger partial charge in [-0.2, -0.15) is 0 Å². The van der Waals surface area contributed by atoms with Gasteiger partial charge in [0.05, 0.1) is 24.9 Å². The molecule has 338 valence electrons. The van der Waals surface area contributed by atoms with Crippen molar-refractivity contribution in [2.75, 3.05) is 12.4 Å². The van der Waals surface area contributed by atoms with Gasteiger partial charge < -0.3 is 31.5 Å². The SMILES string of the molecule is CC(CCc1ccccc1)CCC12C=CC(=O)CCc3ccc(O)c(c3)OCCc3ccc(O)c(c3)C3CC([O-])=C4C=CN=C4CC#Cc4cc(C(N)N)c(cc43)CSSCC(CC1)C2. The van der Waals surface area contributed by atoms with Crippen LogP contribution in [-0.2, 0) is 29.8 Å². The highest BCUT2D eigenvalue weighted by molar-refractivity contribution is 8.76. The Hall–Kier alpha value is -5.18. The molecule has 65 heavy (non-hydrogen) atoms. The Morgan fingerprint density at radius 2 is 1.75 bits per heavy atom. The minimum Gasteiger partial charge on any atom is -0.875 e. The number of fused-ring (bicyclic) bond motifs is 9. The van der Waals surface area contributed by atoms with E-state index < -0.39 is 12.1 Å². The van der Waals surface area contributed by atoms with Crippen LogP contribution >= 0.6 is 21.6 Å². The van der Waals surface area contributed by atoms with E-state index >= 15 is 0 Å². The van der Waals surface area contributed by atoms with Crippen LogP contribution in [0.5, 0.6) is 17.2 Å². The Labute approximate surface area is 392 Å². The number of rotatable bonds is 7. The third kappa shape index (κ3) is 11.8. The molecule has 4 aromatic carbocycles. The zero-order chi connectivity index (χ0) is 45.3. The predicted octanol–water partition coefficient (Wildman–Crippen LogP) is 10.3. The van der Waals surface area contributed by atoms with Crippen molar-refractivity contribution in [3.8, 4) is 29.1 Å². The molecule has 1 fully saturated rings. The minimum atomic E-state index is -0.741. The average Bonchev–Trinajstić information content (AvgIpc) is 3.96. The quantitative estimate of drug-likeness (QED) is 0.0806. The van der Waals surface area contributed by atoms with Crippen molar-refractivity contribution < 1.29 is 24.9 Å². The van der Waals surface area contributed by atoms with Gasteiger partial charge in [0.15, 0.2) is 17.3 Å². The molecule has 6 N–H and O–H groups in total. The number of aliphatic imine (C=N–C) groups is 1. The van der Waals surface area contributed by atoms with Crippen LogP contribution in [0, 0.1) is 29.1 Å². The molecule has 2 heterocycles. The minimum absolute atomic E-state index is 0.0277. The number of benzene rings is 4. The van der Waals surface area contributed by atoms with Gasteiger partial charge in [-0.15, -0.1) is 5.76 Å². The van der Waals surface area contributed by atoms with E-state index in [1.807, 2.05) is 47.2 Å². The summed E-state index contributed by atoms with van der Waals surface area (Å²) in [5.41, 5.74) is 21.3. The van der Waals surface area contributed by atoms with Crippen LogP contribution in [-0.4, -0.2) is 34.1 Å². The summed E-state index contributed by atoms with van der Waals surface area (Å²) < 4.78 is 6.17. The van der Waals surface area contributed by atoms with Gasteiger partial charge in [0.25, 0.3) is 0 Å². The van der Waals surface area contributed by atoms with Crippen molar-refractivity contribution in [3.05, 3.63) is 159 Å². The highest BCUT2D eigenvalue weighted by atomic mass is 33.1. The van der Waals surface area contributed by atoms with E-state index in [-0.39, 0.29) is 41.5 Å². The normalized spacial score (nSPS) is 21.9. The number of allylic oxidation sites excluding steroid dienone is 5. The second kappa shape index (κ2) is 21.4. The number of carbonyl (C=O) groups is 1. The van der Waals surface area contributed by atoms with Crippen LogP contribution in [0.1, 0.15) is 121 Å². The Morgan fingerprint density at radius 1 is 0.938 bits per heavy atom. The summed E-state index contributed by atoms with van der Waals surface area (Å²) in [6.07, 6.45) is 16.2. The molecule has 0 aromatic heterocycles. The smallest absolute Gasteiger partial charge is 0.161 e. The van der Waals surface area contributed by atoms with E-state index in [0.29, 0.717) is 65.9 Å². The van der Waals surface area contributed by atoms with Crippen molar-refractivity contribution in [3.63, 3.8) is 0 Å². The molecule has 0 saturated heterocycles. The zero-order valence-corrected chi connectivity index (χ0v) is 38.9. The van der Waals surface area contributed by atoms with E-state index in [1.165, 1.54) is 5.56 Å². The number of ether oxygens (including phenoxy) is 1. The summed E-state index contributed by atoms with van der Waals surface area (Å²) >= 11 is 0. The number of aryl methyl sites for hydroxylation is 2. The summed E-state index contributed by atoms with van der Waals surface area (Å²) in [6.45, 7) is 2.61. The maximum absolute atomic E-state index is 14.2. The number of phenolic OH excluding ortho intramolecular Hbond substituents is 2. The fourth-order valence-electron chi connectivity index (χ4n) is 9.81. The van der Waals surface area contributed by atoms with E-state index in [0.717, 1.165) is 84.1 Å². The lowest BCUT2D eigenvalue weighted by Gasteiger charge is -2.28. The van der Waals surface area contributed by atoms with Gasteiger partial charge >= 0.3 is 0 Å². The number of carbonyl (C=O) groups excluding carboxylic acids is 1. The second-order valence-electron chi connectivity index (χ2n) is 18.4. The molecule has 0 spiro atoms. The van der Waals surface area contributed by atoms with Gasteiger partial charge in [0.2, 0.25) is 0 Å². The maximum atomic E-state index is 14.2. The Balaban J connectivity index is 1.10. The Kier molecular flexibility index (Phi) is 15.3. The lowest BCUT2D eigenvalue weighted by molar-refractivity contribution is -0.307. The first-order chi connectivity index (χ1) is 31.5. The molecule has 1 saturated carbocycles. The van der Waals surface area contributed by atoms with Crippen LogP contribution in [0.25, 0.3) is 0 Å². The maximum Gasteiger partial charge on any atom is 0.161 e. The summed E-state index contributed by atoms with van der Waals surface area (Å²) in [4.78, 5) is 18.0. The molecule has 8 bridgehead atoms. The van der Waals surface area contributed by atoms with Crippen LogP contribution in [0.3, 0.4) is 0 Å². The molecule has 4 aromatic rings. The monoisotopic (exact) mass is 906 g/mol. The number of phenols is 2. The molecule has 8 nitrogen and oxygen atoms in total. The van der Waals surface area contributed by atoms with Crippen molar-refractivity contribution in [1.29, 1.82) is 0 Å². The summed E-state index contributed by atoms with van der Waals surface area (Å²) in [5.74, 6) is 9.33. The third-order valence-electron chi connectivity index (χ3n) is 13.7. The van der Waals surface area contributed by atoms with Crippen LogP contribution in [0.2, 0.25) is 0 Å². The van der Waals surface area contributed by atoms with Crippen LogP contribution in [0.15, 0.2) is 120 Å². The van der Waals surface area contributed by atoms with Gasteiger partial charge in [-0.05, 0) is 150 Å². The Bertz CT molecular complexity index is 2550. The number of nitrogens with zero attached hydrogens (tertiary/aromatic N) is 1. The number of aromatic hydroxyl groups is 2. The average molecular weight is 907 g/mol. The summed E-state index contributed by atoms with van der Waals surface area (Å²) in [6, 6.07) is 25.6. The van der Waals surface area contributed by atoms with Crippen molar-refractivity contribution in [1.82, 2.24) is 0 Å². The van der Waals surface area contributed by atoms with E-state index in [2.05, 4.69) is 66.2 Å². The first kappa shape index (κ1) is 46.4. The zero-order valence-electron chi connectivity index (χ0n) is 37.3. The lowest BCUT2D eigenvalue weighted by atomic mass is 9.78. The molecule has 4 unspecified atom stereocenters. The van der Waals surface area contributed by atoms with Crippen molar-refractivity contribution in [2.24, 2.45) is 33.7 Å². The number of hydrogen-bond donors (Lipinski definition) is 4. The third-order valence-corrected chi connectivity index (χ3v) is 16.1. The van der Waals surface area contributed by atoms with Gasteiger partial charge in [-0.3, -0.25) is 9.79 Å². The Morgan fingerprint density at radius 3 is 2.58 bits per heavy atom. The van der Waals surface area contributed by atoms with E-state index in [9.17, 15) is 20.1 Å². The van der Waals surface area contributed by atoms with Crippen molar-refractivity contribution >= 4 is 33.1 Å². The molecular weight excluding hydrogens is 847 g/mol. The van der Waals surface area contributed by atoms with Gasteiger partial charge in [-0.25, -0.2) is 0 Å². The molecule has 2 aliphatic carbocycles. The van der Waals surface area contributed by atoms with Crippen LogP contribution < -0.4 is 21.3 Å². The number of nitrogens with two attached hydrogens (primary N) is 2. The van der Waals surface area contributed by atoms with E-state index in [1.54, 1.807) is 35.2 Å². The van der Waals surface area contributed by atoms with Gasteiger partial charge in [0, 0.05) is 47.6 Å². The predicted molar refractivity (Wildman–Crippen MR) is 264 cm³/mol. The number of ketones is 1. The topological polar surface area (TPSA) is 154 Å². The molecule has 0 radical (unpaired) electrons. The number of hydrogen-bond acceptors (Lipinski definition) is 10. The fourth-order valence-corrected chi connectivity index (χ4v) is 12.3. The second-order valence-corrected chi connectivity index (χ2v) is 20.9. The molecule has 4 aliphatic rings. The van der Waals surface area contributed by atoms with Gasteiger partial charge in [0.1, 0.15) is 5.75 Å². The summed E-state index contributed by atoms with van der Waals surface area (Å²) in [7, 11) is 3.66. The largest absolute Gasteiger partial charge is 0.875 e. The molecular formula is C55H60N3O5S2-. The first-order valence-electron chi connectivity index (χ1n) is 23.1. The summed E-state index contributed by atoms with van der Waals surface area (Å²) in [5, 5.41) is 36.5. The highest BCUT2D eigenvalue weighted by Crippen LogP contribution is 2.49. The first-order valence-corrected chi connectivity index (χ1v) is 25.6.